The average molecular weight is 464 g/mol. The molecule has 8 nitrogen and oxygen atoms in total. The van der Waals surface area contributed by atoms with E-state index >= 15 is 0 Å². The second-order valence-corrected chi connectivity index (χ2v) is 8.33. The van der Waals surface area contributed by atoms with E-state index in [9.17, 15) is 4.79 Å². The van der Waals surface area contributed by atoms with Crippen molar-refractivity contribution in [3.8, 4) is 0 Å². The van der Waals surface area contributed by atoms with Gasteiger partial charge in [0.25, 0.3) is 0 Å². The van der Waals surface area contributed by atoms with Gasteiger partial charge in [-0.15, -0.1) is 0 Å². The molecule has 1 aliphatic heterocycles. The minimum absolute atomic E-state index is 0.0101. The normalized spacial score (nSPS) is 23.3. The van der Waals surface area contributed by atoms with Crippen molar-refractivity contribution in [2.24, 2.45) is 5.92 Å². The van der Waals surface area contributed by atoms with Crippen LogP contribution in [0.15, 0.2) is 30.5 Å². The van der Waals surface area contributed by atoms with Crippen LogP contribution in [0, 0.1) is 5.92 Å². The number of carbonyl (C=O) groups excluding carboxylic acids is 1. The molecule has 1 saturated heterocycles. The highest BCUT2D eigenvalue weighted by molar-refractivity contribution is 6.30. The first-order chi connectivity index (χ1) is 14.9. The number of hydrogen-bond donors (Lipinski definition) is 1. The van der Waals surface area contributed by atoms with Crippen LogP contribution in [0.3, 0.4) is 0 Å². The molecule has 0 radical (unpaired) electrons. The smallest absolute Gasteiger partial charge is 0.303 e. The van der Waals surface area contributed by atoms with E-state index in [-0.39, 0.29) is 23.3 Å². The van der Waals surface area contributed by atoms with Crippen LogP contribution >= 0.6 is 23.2 Å². The highest BCUT2D eigenvalue weighted by Gasteiger charge is 2.45. The van der Waals surface area contributed by atoms with Gasteiger partial charge in [0.05, 0.1) is 17.7 Å². The molecule has 4 atom stereocenters. The highest BCUT2D eigenvalue weighted by Crippen LogP contribution is 2.39. The Morgan fingerprint density at radius 2 is 2.13 bits per heavy atom. The van der Waals surface area contributed by atoms with E-state index in [1.807, 2.05) is 38.1 Å². The van der Waals surface area contributed by atoms with Crippen LogP contribution in [0.1, 0.15) is 39.0 Å². The molecule has 0 saturated carbocycles. The number of nitrogens with zero attached hydrogens (tertiary/aromatic N) is 4. The predicted octanol–water partition coefficient (Wildman–Crippen LogP) is 4.62. The first-order valence-electron chi connectivity index (χ1n) is 10.1. The van der Waals surface area contributed by atoms with Crippen LogP contribution < -0.4 is 5.32 Å². The molecule has 0 aliphatic carbocycles. The molecule has 1 N–H and O–H groups in total. The second kappa shape index (κ2) is 8.98. The van der Waals surface area contributed by atoms with Crippen LogP contribution in [0.5, 0.6) is 0 Å². The highest BCUT2D eigenvalue weighted by atomic mass is 35.5. The van der Waals surface area contributed by atoms with Crippen molar-refractivity contribution >= 4 is 46.0 Å². The molecule has 2 aromatic heterocycles. The lowest BCUT2D eigenvalue weighted by atomic mass is 9.98. The van der Waals surface area contributed by atoms with Gasteiger partial charge < -0.3 is 14.8 Å². The third kappa shape index (κ3) is 4.46. The number of benzene rings is 1. The maximum absolute atomic E-state index is 11.7. The fourth-order valence-corrected chi connectivity index (χ4v) is 4.30. The summed E-state index contributed by atoms with van der Waals surface area (Å²) in [5.74, 6) is 0.189. The minimum Gasteiger partial charge on any atom is -0.457 e. The van der Waals surface area contributed by atoms with Crippen LogP contribution in [0.2, 0.25) is 10.3 Å². The van der Waals surface area contributed by atoms with E-state index in [0.29, 0.717) is 28.4 Å². The fraction of sp³-hybridized carbons (Fsp3) is 0.429. The van der Waals surface area contributed by atoms with Gasteiger partial charge in [0, 0.05) is 24.4 Å². The second-order valence-electron chi connectivity index (χ2n) is 7.56. The fourth-order valence-electron chi connectivity index (χ4n) is 3.93. The van der Waals surface area contributed by atoms with E-state index < -0.39 is 12.3 Å². The predicted molar refractivity (Wildman–Crippen MR) is 118 cm³/mol. The van der Waals surface area contributed by atoms with Gasteiger partial charge in [-0.2, -0.15) is 15.1 Å². The van der Waals surface area contributed by atoms with Crippen molar-refractivity contribution in [2.45, 2.75) is 52.2 Å². The van der Waals surface area contributed by atoms with E-state index in [0.717, 1.165) is 12.0 Å². The number of ether oxygens (including phenoxy) is 2. The molecule has 164 valence electrons. The zero-order valence-electron chi connectivity index (χ0n) is 17.4. The van der Waals surface area contributed by atoms with Crippen molar-refractivity contribution in [3.63, 3.8) is 0 Å². The standard InChI is InChI=1S/C21H23Cl2N5O3/c1-4-16-11(2)17(30-12(3)29)20(31-16)28-19-15(10-25-28)18(26-21(23)27-19)24-9-13-6-5-7-14(22)8-13/h5-8,10-11,16-17,20H,4,9H2,1-3H3,(H,24,26,27)/t11-,16-,17?,20-/m1/s1. The Bertz CT molecular complexity index is 1110. The van der Waals surface area contributed by atoms with E-state index in [2.05, 4.69) is 20.4 Å². The number of nitrogens with one attached hydrogen (secondary N) is 1. The van der Waals surface area contributed by atoms with Crippen LogP contribution in [-0.2, 0) is 20.8 Å². The maximum atomic E-state index is 11.7. The number of carbonyl (C=O) groups is 1. The molecule has 1 unspecified atom stereocenters. The summed E-state index contributed by atoms with van der Waals surface area (Å²) in [5, 5.41) is 9.18. The summed E-state index contributed by atoms with van der Waals surface area (Å²) in [6, 6.07) is 7.54. The molecule has 10 heteroatoms. The number of esters is 1. The van der Waals surface area contributed by atoms with Gasteiger partial charge >= 0.3 is 5.97 Å². The van der Waals surface area contributed by atoms with Crippen molar-refractivity contribution in [1.29, 1.82) is 0 Å². The topological polar surface area (TPSA) is 91.2 Å². The summed E-state index contributed by atoms with van der Waals surface area (Å²) >= 11 is 12.3. The Hall–Kier alpha value is -2.42. The summed E-state index contributed by atoms with van der Waals surface area (Å²) in [4.78, 5) is 20.4. The van der Waals surface area contributed by atoms with Crippen molar-refractivity contribution in [3.05, 3.63) is 46.3 Å². The number of hydrogen-bond acceptors (Lipinski definition) is 7. The van der Waals surface area contributed by atoms with Gasteiger partial charge in [-0.05, 0) is 35.7 Å². The summed E-state index contributed by atoms with van der Waals surface area (Å²) in [5.41, 5.74) is 1.50. The molecule has 1 fully saturated rings. The van der Waals surface area contributed by atoms with Gasteiger partial charge in [-0.3, -0.25) is 4.79 Å². The zero-order valence-corrected chi connectivity index (χ0v) is 18.9. The van der Waals surface area contributed by atoms with Crippen LogP contribution in [0.25, 0.3) is 11.0 Å². The van der Waals surface area contributed by atoms with Gasteiger partial charge in [0.15, 0.2) is 18.0 Å². The summed E-state index contributed by atoms with van der Waals surface area (Å²) < 4.78 is 13.4. The van der Waals surface area contributed by atoms with E-state index in [4.69, 9.17) is 32.7 Å². The SMILES string of the molecule is CC[C@H]1O[C@@H](n2ncc3c(NCc4cccc(Cl)c4)nc(Cl)nc32)C(OC(C)=O)[C@@H]1C. The molecule has 31 heavy (non-hydrogen) atoms. The Morgan fingerprint density at radius 1 is 1.32 bits per heavy atom. The summed E-state index contributed by atoms with van der Waals surface area (Å²) in [6.07, 6.45) is 1.29. The summed E-state index contributed by atoms with van der Waals surface area (Å²) in [7, 11) is 0. The molecule has 3 aromatic rings. The number of fused-ring (bicyclic) bond motifs is 1. The van der Waals surface area contributed by atoms with Crippen molar-refractivity contribution in [1.82, 2.24) is 19.7 Å². The van der Waals surface area contributed by atoms with Crippen LogP contribution in [-0.4, -0.2) is 37.9 Å². The molecule has 1 aliphatic rings. The minimum atomic E-state index is -0.604. The van der Waals surface area contributed by atoms with Gasteiger partial charge in [-0.25, -0.2) is 4.68 Å². The first kappa shape index (κ1) is 21.8. The lowest BCUT2D eigenvalue weighted by molar-refractivity contribution is -0.154. The molecule has 1 aromatic carbocycles. The number of anilines is 1. The van der Waals surface area contributed by atoms with Crippen molar-refractivity contribution < 1.29 is 14.3 Å². The number of rotatable bonds is 6. The third-order valence-corrected chi connectivity index (χ3v) is 5.82. The molecular formula is C21H23Cl2N5O3. The summed E-state index contributed by atoms with van der Waals surface area (Å²) in [6.45, 7) is 5.93. The molecule has 4 rings (SSSR count). The Morgan fingerprint density at radius 3 is 2.84 bits per heavy atom. The Labute approximate surface area is 189 Å². The van der Waals surface area contributed by atoms with Gasteiger partial charge in [0.1, 0.15) is 5.82 Å². The molecule has 3 heterocycles. The number of aromatic nitrogens is 4. The maximum Gasteiger partial charge on any atom is 0.303 e. The molecule has 0 spiro atoms. The molecule has 0 amide bonds. The third-order valence-electron chi connectivity index (χ3n) is 5.42. The Kier molecular flexibility index (Phi) is 6.31. The van der Waals surface area contributed by atoms with Gasteiger partial charge in [-0.1, -0.05) is 37.6 Å². The first-order valence-corrected chi connectivity index (χ1v) is 10.8. The average Bonchev–Trinajstić information content (AvgIpc) is 3.27. The molecule has 0 bridgehead atoms. The quantitative estimate of drug-likeness (QED) is 0.421. The monoisotopic (exact) mass is 463 g/mol. The van der Waals surface area contributed by atoms with Crippen molar-refractivity contribution in [2.75, 3.05) is 5.32 Å². The lowest BCUT2D eigenvalue weighted by Crippen LogP contribution is -2.30. The van der Waals surface area contributed by atoms with Crippen LogP contribution in [0.4, 0.5) is 5.82 Å². The zero-order chi connectivity index (χ0) is 22.1. The largest absolute Gasteiger partial charge is 0.457 e. The Balaban J connectivity index is 1.67. The molecular weight excluding hydrogens is 441 g/mol. The van der Waals surface area contributed by atoms with E-state index in [1.165, 1.54) is 6.92 Å². The van der Waals surface area contributed by atoms with Gasteiger partial charge in [0.2, 0.25) is 5.28 Å². The van der Waals surface area contributed by atoms with E-state index in [1.54, 1.807) is 10.9 Å². The lowest BCUT2D eigenvalue weighted by Gasteiger charge is -2.21. The number of halogens is 2.